The molecule has 3 nitrogen and oxygen atoms in total. The van der Waals surface area contributed by atoms with Gasteiger partial charge in [0.15, 0.2) is 7.14 Å². The Morgan fingerprint density at radius 2 is 1.04 bits per heavy atom. The van der Waals surface area contributed by atoms with Crippen LogP contribution in [0.2, 0.25) is 0 Å². The lowest BCUT2D eigenvalue weighted by Crippen LogP contribution is -2.25. The zero-order valence-electron chi connectivity index (χ0n) is 14.1. The third-order valence-corrected chi connectivity index (χ3v) is 7.92. The number of hydrogen-bond acceptors (Lipinski definition) is 3. The third kappa shape index (κ3) is 3.18. The molecule has 0 aromatic heterocycles. The van der Waals surface area contributed by atoms with E-state index >= 15 is 0 Å². The fraction of sp³-hybridized carbons (Fsp3) is 0.0909. The summed E-state index contributed by atoms with van der Waals surface area (Å²) in [5.74, 6) is -1.02. The van der Waals surface area contributed by atoms with Crippen LogP contribution in [0.1, 0.15) is 11.2 Å². The van der Waals surface area contributed by atoms with E-state index in [9.17, 15) is 15.1 Å². The van der Waals surface area contributed by atoms with Gasteiger partial charge in [0.25, 0.3) is 0 Å². The standard InChI is InChI=1S/C22H17N2OP/c23-16-19(17-24)22(18-10-4-1-5-11-18)26(25,20-12-6-2-7-13-20)21-14-8-3-9-15-21/h1-15,19,22H. The average Bonchev–Trinajstić information content (AvgIpc) is 2.73. The summed E-state index contributed by atoms with van der Waals surface area (Å²) in [6.07, 6.45) is 0. The van der Waals surface area contributed by atoms with E-state index < -0.39 is 18.7 Å². The summed E-state index contributed by atoms with van der Waals surface area (Å²) in [5, 5.41) is 20.5. The van der Waals surface area contributed by atoms with Crippen molar-refractivity contribution >= 4 is 17.8 Å². The molecule has 0 aliphatic carbocycles. The first kappa shape index (κ1) is 17.7. The molecular weight excluding hydrogens is 339 g/mol. The molecule has 26 heavy (non-hydrogen) atoms. The molecular formula is C22H17N2OP. The Balaban J connectivity index is 2.33. The predicted molar refractivity (Wildman–Crippen MR) is 104 cm³/mol. The minimum Gasteiger partial charge on any atom is -0.313 e. The van der Waals surface area contributed by atoms with E-state index in [1.54, 1.807) is 0 Å². The minimum absolute atomic E-state index is 0.649. The number of rotatable bonds is 5. The van der Waals surface area contributed by atoms with Crippen molar-refractivity contribution in [1.82, 2.24) is 0 Å². The molecule has 4 heteroatoms. The van der Waals surface area contributed by atoms with Crippen molar-refractivity contribution in [1.29, 1.82) is 10.5 Å². The van der Waals surface area contributed by atoms with Crippen LogP contribution in [0.4, 0.5) is 0 Å². The lowest BCUT2D eigenvalue weighted by molar-refractivity contribution is 0.572. The monoisotopic (exact) mass is 356 g/mol. The SMILES string of the molecule is N#CC(C#N)C(c1ccccc1)P(=O)(c1ccccc1)c1ccccc1. The van der Waals surface area contributed by atoms with Crippen LogP contribution in [0.5, 0.6) is 0 Å². The summed E-state index contributed by atoms with van der Waals surface area (Å²) in [4.78, 5) is 0. The topological polar surface area (TPSA) is 64.7 Å². The highest BCUT2D eigenvalue weighted by Gasteiger charge is 2.42. The molecule has 0 radical (unpaired) electrons. The highest BCUT2D eigenvalue weighted by atomic mass is 31.2. The van der Waals surface area contributed by atoms with Crippen LogP contribution >= 0.6 is 7.14 Å². The van der Waals surface area contributed by atoms with Crippen LogP contribution in [-0.4, -0.2) is 0 Å². The first-order chi connectivity index (χ1) is 12.7. The number of benzene rings is 3. The van der Waals surface area contributed by atoms with E-state index in [0.29, 0.717) is 10.6 Å². The zero-order valence-corrected chi connectivity index (χ0v) is 15.0. The van der Waals surface area contributed by atoms with E-state index in [4.69, 9.17) is 0 Å². The Morgan fingerprint density at radius 1 is 0.654 bits per heavy atom. The number of hydrogen-bond donors (Lipinski definition) is 0. The lowest BCUT2D eigenvalue weighted by atomic mass is 10.0. The van der Waals surface area contributed by atoms with Gasteiger partial charge in [-0.3, -0.25) is 0 Å². The van der Waals surface area contributed by atoms with Crippen molar-refractivity contribution in [2.45, 2.75) is 5.66 Å². The van der Waals surface area contributed by atoms with Crippen molar-refractivity contribution < 1.29 is 4.57 Å². The molecule has 0 saturated heterocycles. The second kappa shape index (κ2) is 7.83. The smallest absolute Gasteiger partial charge is 0.152 e. The van der Waals surface area contributed by atoms with Gasteiger partial charge in [0.05, 0.1) is 17.8 Å². The molecule has 0 amide bonds. The third-order valence-electron chi connectivity index (χ3n) is 4.41. The summed E-state index contributed by atoms with van der Waals surface area (Å²) < 4.78 is 14.6. The van der Waals surface area contributed by atoms with Crippen LogP contribution in [-0.2, 0) is 4.57 Å². The van der Waals surface area contributed by atoms with Gasteiger partial charge in [-0.05, 0) is 5.56 Å². The highest BCUT2D eigenvalue weighted by Crippen LogP contribution is 2.60. The second-order valence-electron chi connectivity index (χ2n) is 5.92. The molecule has 0 aliphatic rings. The Bertz CT molecular complexity index is 932. The summed E-state index contributed by atoms with van der Waals surface area (Å²) >= 11 is 0. The first-order valence-electron chi connectivity index (χ1n) is 8.27. The van der Waals surface area contributed by atoms with E-state index in [1.807, 2.05) is 91.0 Å². The first-order valence-corrected chi connectivity index (χ1v) is 10.0. The fourth-order valence-electron chi connectivity index (χ4n) is 3.20. The summed E-state index contributed by atoms with van der Waals surface area (Å²) in [7, 11) is -3.29. The molecule has 3 aromatic rings. The van der Waals surface area contributed by atoms with Gasteiger partial charge >= 0.3 is 0 Å². The summed E-state index contributed by atoms with van der Waals surface area (Å²) in [6, 6.07) is 31.7. The molecule has 0 aliphatic heterocycles. The van der Waals surface area contributed by atoms with Crippen LogP contribution in [0.15, 0.2) is 91.0 Å². The van der Waals surface area contributed by atoms with Gasteiger partial charge < -0.3 is 4.57 Å². The second-order valence-corrected chi connectivity index (χ2v) is 8.83. The molecule has 0 spiro atoms. The Hall–Kier alpha value is -3.13. The van der Waals surface area contributed by atoms with Gasteiger partial charge in [0.2, 0.25) is 0 Å². The van der Waals surface area contributed by atoms with E-state index in [-0.39, 0.29) is 0 Å². The van der Waals surface area contributed by atoms with Gasteiger partial charge in [-0.25, -0.2) is 0 Å². The van der Waals surface area contributed by atoms with Crippen molar-refractivity contribution in [3.63, 3.8) is 0 Å². The average molecular weight is 356 g/mol. The van der Waals surface area contributed by atoms with E-state index in [1.165, 1.54) is 0 Å². The van der Waals surface area contributed by atoms with Crippen molar-refractivity contribution in [2.24, 2.45) is 5.92 Å². The largest absolute Gasteiger partial charge is 0.313 e. The molecule has 1 unspecified atom stereocenters. The molecule has 0 N–H and O–H groups in total. The van der Waals surface area contributed by atoms with Crippen molar-refractivity contribution in [3.8, 4) is 12.1 Å². The van der Waals surface area contributed by atoms with Crippen LogP contribution in [0.25, 0.3) is 0 Å². The molecule has 0 bridgehead atoms. The van der Waals surface area contributed by atoms with Crippen LogP contribution < -0.4 is 10.6 Å². The lowest BCUT2D eigenvalue weighted by Gasteiger charge is -2.29. The maximum absolute atomic E-state index is 14.6. The zero-order chi connectivity index (χ0) is 18.4. The summed E-state index contributed by atoms with van der Waals surface area (Å²) in [5.41, 5.74) is 0.000129. The van der Waals surface area contributed by atoms with Crippen LogP contribution in [0, 0.1) is 28.6 Å². The van der Waals surface area contributed by atoms with E-state index in [2.05, 4.69) is 12.1 Å². The molecule has 3 aromatic carbocycles. The van der Waals surface area contributed by atoms with Gasteiger partial charge in [-0.1, -0.05) is 91.0 Å². The van der Waals surface area contributed by atoms with Gasteiger partial charge in [-0.15, -0.1) is 0 Å². The Labute approximate surface area is 153 Å². The molecule has 126 valence electrons. The Kier molecular flexibility index (Phi) is 5.33. The van der Waals surface area contributed by atoms with Crippen molar-refractivity contribution in [3.05, 3.63) is 96.6 Å². The van der Waals surface area contributed by atoms with Crippen LogP contribution in [0.3, 0.4) is 0 Å². The van der Waals surface area contributed by atoms with Gasteiger partial charge in [0, 0.05) is 10.6 Å². The maximum atomic E-state index is 14.6. The molecule has 3 rings (SSSR count). The van der Waals surface area contributed by atoms with Gasteiger partial charge in [0.1, 0.15) is 5.92 Å². The van der Waals surface area contributed by atoms with E-state index in [0.717, 1.165) is 5.56 Å². The minimum atomic E-state index is -3.29. The molecule has 0 heterocycles. The number of nitrogens with zero attached hydrogens (tertiary/aromatic N) is 2. The molecule has 1 atom stereocenters. The predicted octanol–water partition coefficient (Wildman–Crippen LogP) is 4.41. The molecule has 0 saturated carbocycles. The highest BCUT2D eigenvalue weighted by molar-refractivity contribution is 7.79. The quantitative estimate of drug-likeness (QED) is 0.636. The number of nitriles is 2. The fourth-order valence-corrected chi connectivity index (χ4v) is 6.52. The Morgan fingerprint density at radius 3 is 1.42 bits per heavy atom. The normalized spacial score (nSPS) is 12.1. The maximum Gasteiger partial charge on any atom is 0.152 e. The van der Waals surface area contributed by atoms with Crippen molar-refractivity contribution in [2.75, 3.05) is 0 Å². The summed E-state index contributed by atoms with van der Waals surface area (Å²) in [6.45, 7) is 0. The molecule has 0 fully saturated rings. The van der Waals surface area contributed by atoms with Gasteiger partial charge in [-0.2, -0.15) is 10.5 Å².